The van der Waals surface area contributed by atoms with Gasteiger partial charge in [0, 0.05) is 51.7 Å². The lowest BCUT2D eigenvalue weighted by atomic mass is 10.1. The molecule has 128 valence electrons. The van der Waals surface area contributed by atoms with Gasteiger partial charge in [0.2, 0.25) is 5.91 Å². The second kappa shape index (κ2) is 7.01. The molecule has 1 saturated carbocycles. The lowest BCUT2D eigenvalue weighted by Crippen LogP contribution is -2.49. The third kappa shape index (κ3) is 3.43. The van der Waals surface area contributed by atoms with Gasteiger partial charge in [-0.3, -0.25) is 9.69 Å². The maximum absolute atomic E-state index is 12.7. The molecule has 2 aliphatic rings. The van der Waals surface area contributed by atoms with Gasteiger partial charge in [-0.2, -0.15) is 0 Å². The molecule has 1 aromatic rings. The van der Waals surface area contributed by atoms with E-state index in [0.717, 1.165) is 31.8 Å². The number of carbonyl (C=O) groups is 1. The summed E-state index contributed by atoms with van der Waals surface area (Å²) >= 11 is 0. The molecule has 0 spiro atoms. The SMILES string of the molecule is COC1CCN([C@H]2CCC[C@H]2N(C)C(=O)Cn2ccnc2C)C1. The van der Waals surface area contributed by atoms with Crippen LogP contribution in [0.25, 0.3) is 0 Å². The van der Waals surface area contributed by atoms with Gasteiger partial charge in [0.05, 0.1) is 6.10 Å². The normalized spacial score (nSPS) is 28.4. The summed E-state index contributed by atoms with van der Waals surface area (Å²) in [5.41, 5.74) is 0. The van der Waals surface area contributed by atoms with E-state index < -0.39 is 0 Å². The fourth-order valence-electron chi connectivity index (χ4n) is 4.06. The van der Waals surface area contributed by atoms with Crippen molar-refractivity contribution in [2.45, 2.75) is 57.3 Å². The number of methoxy groups -OCH3 is 1. The highest BCUT2D eigenvalue weighted by molar-refractivity contribution is 5.76. The summed E-state index contributed by atoms with van der Waals surface area (Å²) in [7, 11) is 3.75. The van der Waals surface area contributed by atoms with Crippen LogP contribution in [0.3, 0.4) is 0 Å². The number of nitrogens with zero attached hydrogens (tertiary/aromatic N) is 4. The van der Waals surface area contributed by atoms with Crippen molar-refractivity contribution in [2.24, 2.45) is 0 Å². The van der Waals surface area contributed by atoms with Gasteiger partial charge in [0.15, 0.2) is 0 Å². The lowest BCUT2D eigenvalue weighted by Gasteiger charge is -2.35. The minimum atomic E-state index is 0.172. The molecule has 1 saturated heterocycles. The van der Waals surface area contributed by atoms with Crippen molar-refractivity contribution in [1.82, 2.24) is 19.4 Å². The fraction of sp³-hybridized carbons (Fsp3) is 0.765. The van der Waals surface area contributed by atoms with Gasteiger partial charge in [-0.1, -0.05) is 0 Å². The Balaban J connectivity index is 1.62. The molecule has 0 radical (unpaired) electrons. The van der Waals surface area contributed by atoms with E-state index in [-0.39, 0.29) is 5.91 Å². The van der Waals surface area contributed by atoms with Crippen molar-refractivity contribution in [3.8, 4) is 0 Å². The predicted molar refractivity (Wildman–Crippen MR) is 88.1 cm³/mol. The molecular weight excluding hydrogens is 292 g/mol. The Morgan fingerprint density at radius 2 is 2.26 bits per heavy atom. The monoisotopic (exact) mass is 320 g/mol. The maximum Gasteiger partial charge on any atom is 0.242 e. The molecule has 2 fully saturated rings. The van der Waals surface area contributed by atoms with E-state index in [1.54, 1.807) is 13.3 Å². The highest BCUT2D eigenvalue weighted by Crippen LogP contribution is 2.30. The van der Waals surface area contributed by atoms with Gasteiger partial charge in [0.1, 0.15) is 12.4 Å². The molecule has 23 heavy (non-hydrogen) atoms. The van der Waals surface area contributed by atoms with Crippen LogP contribution in [0.2, 0.25) is 0 Å². The van der Waals surface area contributed by atoms with Crippen molar-refractivity contribution >= 4 is 5.91 Å². The van der Waals surface area contributed by atoms with E-state index in [9.17, 15) is 4.79 Å². The van der Waals surface area contributed by atoms with E-state index >= 15 is 0 Å². The number of rotatable bonds is 5. The Labute approximate surface area is 138 Å². The molecule has 0 bridgehead atoms. The number of aromatic nitrogens is 2. The second-order valence-corrected chi connectivity index (χ2v) is 6.81. The summed E-state index contributed by atoms with van der Waals surface area (Å²) < 4.78 is 7.41. The largest absolute Gasteiger partial charge is 0.380 e. The summed E-state index contributed by atoms with van der Waals surface area (Å²) in [5, 5.41) is 0. The highest BCUT2D eigenvalue weighted by Gasteiger charge is 2.39. The smallest absolute Gasteiger partial charge is 0.242 e. The van der Waals surface area contributed by atoms with E-state index in [1.807, 2.05) is 29.6 Å². The van der Waals surface area contributed by atoms with Crippen molar-refractivity contribution in [3.05, 3.63) is 18.2 Å². The van der Waals surface area contributed by atoms with Gasteiger partial charge in [-0.25, -0.2) is 4.98 Å². The maximum atomic E-state index is 12.7. The topological polar surface area (TPSA) is 50.6 Å². The van der Waals surface area contributed by atoms with E-state index in [1.165, 1.54) is 12.8 Å². The zero-order chi connectivity index (χ0) is 16.4. The molecule has 1 amide bonds. The number of imidazole rings is 1. The number of likely N-dealkylation sites (tertiary alicyclic amines) is 1. The Kier molecular flexibility index (Phi) is 5.02. The van der Waals surface area contributed by atoms with Crippen LogP contribution in [0, 0.1) is 6.92 Å². The van der Waals surface area contributed by atoms with Crippen molar-refractivity contribution < 1.29 is 9.53 Å². The quantitative estimate of drug-likeness (QED) is 0.820. The summed E-state index contributed by atoms with van der Waals surface area (Å²) in [5.74, 6) is 1.06. The average Bonchev–Trinajstić information content (AvgIpc) is 3.26. The van der Waals surface area contributed by atoms with Gasteiger partial charge in [0.25, 0.3) is 0 Å². The average molecular weight is 320 g/mol. The first-order valence-corrected chi connectivity index (χ1v) is 8.60. The molecule has 1 unspecified atom stereocenters. The third-order valence-electron chi connectivity index (χ3n) is 5.54. The first-order chi connectivity index (χ1) is 11.1. The number of hydrogen-bond acceptors (Lipinski definition) is 4. The molecule has 6 nitrogen and oxygen atoms in total. The first kappa shape index (κ1) is 16.5. The molecule has 0 N–H and O–H groups in total. The van der Waals surface area contributed by atoms with Crippen LogP contribution in [-0.2, 0) is 16.1 Å². The van der Waals surface area contributed by atoms with Crippen LogP contribution >= 0.6 is 0 Å². The predicted octanol–water partition coefficient (Wildman–Crippen LogP) is 1.29. The third-order valence-corrected chi connectivity index (χ3v) is 5.54. The molecule has 2 heterocycles. The summed E-state index contributed by atoms with van der Waals surface area (Å²) in [6.45, 7) is 4.40. The minimum absolute atomic E-state index is 0.172. The summed E-state index contributed by atoms with van der Waals surface area (Å²) in [6, 6.07) is 0.801. The molecule has 3 atom stereocenters. The molecule has 1 aromatic heterocycles. The van der Waals surface area contributed by atoms with Crippen LogP contribution in [0.5, 0.6) is 0 Å². The van der Waals surface area contributed by atoms with E-state index in [2.05, 4.69) is 9.88 Å². The van der Waals surface area contributed by atoms with Crippen LogP contribution in [-0.4, -0.2) is 70.7 Å². The van der Waals surface area contributed by atoms with E-state index in [0.29, 0.717) is 24.7 Å². The number of ether oxygens (including phenoxy) is 1. The number of carbonyl (C=O) groups excluding carboxylic acids is 1. The molecule has 3 rings (SSSR count). The van der Waals surface area contributed by atoms with Gasteiger partial charge in [-0.15, -0.1) is 0 Å². The Bertz CT molecular complexity index is 544. The molecule has 0 aromatic carbocycles. The molecular formula is C17H28N4O2. The second-order valence-electron chi connectivity index (χ2n) is 6.81. The van der Waals surface area contributed by atoms with Crippen molar-refractivity contribution in [2.75, 3.05) is 27.2 Å². The Morgan fingerprint density at radius 3 is 2.91 bits per heavy atom. The Morgan fingerprint density at radius 1 is 1.43 bits per heavy atom. The summed E-state index contributed by atoms with van der Waals surface area (Å²) in [4.78, 5) is 21.4. The standard InChI is InChI=1S/C17H28N4O2/c1-13-18-8-10-20(13)12-17(22)19(2)15-5-4-6-16(15)21-9-7-14(11-21)23-3/h8,10,14-16H,4-7,9,11-12H2,1-3H3/t14?,15-,16+/m1/s1. The van der Waals surface area contributed by atoms with Crippen LogP contribution < -0.4 is 0 Å². The zero-order valence-corrected chi connectivity index (χ0v) is 14.4. The molecule has 1 aliphatic carbocycles. The van der Waals surface area contributed by atoms with Crippen LogP contribution in [0.4, 0.5) is 0 Å². The lowest BCUT2D eigenvalue weighted by molar-refractivity contribution is -0.133. The number of likely N-dealkylation sites (N-methyl/N-ethyl adjacent to an activating group) is 1. The van der Waals surface area contributed by atoms with E-state index in [4.69, 9.17) is 4.74 Å². The molecule has 6 heteroatoms. The van der Waals surface area contributed by atoms with Gasteiger partial charge < -0.3 is 14.2 Å². The fourth-order valence-corrected chi connectivity index (χ4v) is 4.06. The zero-order valence-electron chi connectivity index (χ0n) is 14.4. The van der Waals surface area contributed by atoms with Crippen LogP contribution in [0.15, 0.2) is 12.4 Å². The highest BCUT2D eigenvalue weighted by atomic mass is 16.5. The molecule has 1 aliphatic heterocycles. The first-order valence-electron chi connectivity index (χ1n) is 8.60. The van der Waals surface area contributed by atoms with Crippen LogP contribution in [0.1, 0.15) is 31.5 Å². The Hall–Kier alpha value is -1.40. The number of amides is 1. The number of hydrogen-bond donors (Lipinski definition) is 0. The van der Waals surface area contributed by atoms with Gasteiger partial charge >= 0.3 is 0 Å². The van der Waals surface area contributed by atoms with Gasteiger partial charge in [-0.05, 0) is 32.6 Å². The van der Waals surface area contributed by atoms with Crippen molar-refractivity contribution in [1.29, 1.82) is 0 Å². The minimum Gasteiger partial charge on any atom is -0.380 e. The summed E-state index contributed by atoms with van der Waals surface area (Å²) in [6.07, 6.45) is 8.56. The number of aryl methyl sites for hydroxylation is 1. The van der Waals surface area contributed by atoms with Crippen molar-refractivity contribution in [3.63, 3.8) is 0 Å².